The van der Waals surface area contributed by atoms with Gasteiger partial charge in [-0.1, -0.05) is 23.7 Å². The smallest absolute Gasteiger partial charge is 0.193 e. The fraction of sp³-hybridized carbons (Fsp3) is 0.500. The van der Waals surface area contributed by atoms with Gasteiger partial charge in [0.1, 0.15) is 12.2 Å². The summed E-state index contributed by atoms with van der Waals surface area (Å²) < 4.78 is 5.63. The van der Waals surface area contributed by atoms with Gasteiger partial charge in [-0.15, -0.1) is 24.0 Å². The first-order chi connectivity index (χ1) is 12.7. The van der Waals surface area contributed by atoms with Crippen LogP contribution in [0.1, 0.15) is 36.3 Å². The largest absolute Gasteiger partial charge is 0.375 e. The molecule has 0 spiro atoms. The minimum Gasteiger partial charge on any atom is -0.375 e. The summed E-state index contributed by atoms with van der Waals surface area (Å²) in [6, 6.07) is 7.76. The van der Waals surface area contributed by atoms with E-state index >= 15 is 0 Å². The highest BCUT2D eigenvalue weighted by molar-refractivity contribution is 14.0. The van der Waals surface area contributed by atoms with E-state index in [1.807, 2.05) is 31.3 Å². The van der Waals surface area contributed by atoms with Gasteiger partial charge in [0.25, 0.3) is 0 Å². The average molecular weight is 505 g/mol. The van der Waals surface area contributed by atoms with Crippen LogP contribution in [0, 0.1) is 0 Å². The summed E-state index contributed by atoms with van der Waals surface area (Å²) in [5, 5.41) is 11.1. The summed E-state index contributed by atoms with van der Waals surface area (Å²) >= 11 is 6.09. The van der Waals surface area contributed by atoms with Crippen LogP contribution in [0.2, 0.25) is 5.02 Å². The molecule has 1 unspecified atom stereocenters. The molecule has 1 aliphatic rings. The molecule has 7 nitrogen and oxygen atoms in total. The number of likely N-dealkylation sites (tertiary alicyclic amines) is 1. The molecule has 9 heteroatoms. The van der Waals surface area contributed by atoms with Crippen molar-refractivity contribution in [3.05, 3.63) is 47.0 Å². The molecule has 1 aliphatic heterocycles. The number of aliphatic imine (C=N–C) groups is 1. The molecular weight excluding hydrogens is 479 g/mol. The molecule has 0 amide bonds. The molecule has 0 radical (unpaired) electrons. The summed E-state index contributed by atoms with van der Waals surface area (Å²) in [7, 11) is 3.52. The van der Waals surface area contributed by atoms with Crippen molar-refractivity contribution >= 4 is 41.5 Å². The topological polar surface area (TPSA) is 78.4 Å². The van der Waals surface area contributed by atoms with E-state index in [1.54, 1.807) is 13.4 Å². The quantitative estimate of drug-likeness (QED) is 0.371. The summed E-state index contributed by atoms with van der Waals surface area (Å²) in [4.78, 5) is 11.0. The van der Waals surface area contributed by atoms with Gasteiger partial charge in [0, 0.05) is 44.7 Å². The third-order valence-electron chi connectivity index (χ3n) is 4.78. The van der Waals surface area contributed by atoms with E-state index in [1.165, 1.54) is 0 Å². The van der Waals surface area contributed by atoms with Gasteiger partial charge in [-0.2, -0.15) is 5.10 Å². The first-order valence-electron chi connectivity index (χ1n) is 8.80. The molecule has 27 heavy (non-hydrogen) atoms. The van der Waals surface area contributed by atoms with E-state index in [-0.39, 0.29) is 30.1 Å². The van der Waals surface area contributed by atoms with Gasteiger partial charge in [-0.25, -0.2) is 4.98 Å². The fourth-order valence-corrected chi connectivity index (χ4v) is 3.54. The van der Waals surface area contributed by atoms with Crippen LogP contribution in [-0.4, -0.2) is 59.8 Å². The van der Waals surface area contributed by atoms with Crippen LogP contribution in [0.15, 0.2) is 35.6 Å². The second-order valence-electron chi connectivity index (χ2n) is 6.34. The van der Waals surface area contributed by atoms with Crippen LogP contribution in [0.4, 0.5) is 0 Å². The minimum absolute atomic E-state index is 0. The number of ether oxygens (including phenoxy) is 1. The maximum Gasteiger partial charge on any atom is 0.193 e. The number of nitrogens with zero attached hydrogens (tertiary/aromatic N) is 4. The summed E-state index contributed by atoms with van der Waals surface area (Å²) in [6.45, 7) is 2.49. The van der Waals surface area contributed by atoms with Gasteiger partial charge < -0.3 is 15.0 Å². The number of hydrogen-bond acceptors (Lipinski definition) is 4. The molecule has 1 aromatic heterocycles. The van der Waals surface area contributed by atoms with Crippen molar-refractivity contribution in [3.63, 3.8) is 0 Å². The van der Waals surface area contributed by atoms with E-state index < -0.39 is 0 Å². The van der Waals surface area contributed by atoms with Crippen LogP contribution < -0.4 is 5.32 Å². The number of aromatic nitrogens is 3. The second kappa shape index (κ2) is 10.8. The van der Waals surface area contributed by atoms with Gasteiger partial charge in [0.15, 0.2) is 5.96 Å². The van der Waals surface area contributed by atoms with Crippen molar-refractivity contribution in [1.82, 2.24) is 25.4 Å². The lowest BCUT2D eigenvalue weighted by molar-refractivity contribution is 0.105. The minimum atomic E-state index is -0.0859. The zero-order chi connectivity index (χ0) is 18.4. The second-order valence-corrected chi connectivity index (χ2v) is 6.78. The van der Waals surface area contributed by atoms with E-state index in [0.29, 0.717) is 17.5 Å². The first-order valence-corrected chi connectivity index (χ1v) is 9.18. The third kappa shape index (κ3) is 5.79. The van der Waals surface area contributed by atoms with Crippen molar-refractivity contribution < 1.29 is 4.74 Å². The highest BCUT2D eigenvalue weighted by Crippen LogP contribution is 2.25. The third-order valence-corrected chi connectivity index (χ3v) is 5.01. The Labute approximate surface area is 182 Å². The summed E-state index contributed by atoms with van der Waals surface area (Å²) in [5.74, 6) is 2.31. The van der Waals surface area contributed by atoms with Crippen LogP contribution in [0.3, 0.4) is 0 Å². The van der Waals surface area contributed by atoms with Gasteiger partial charge in [0.05, 0.1) is 6.10 Å². The van der Waals surface area contributed by atoms with Crippen LogP contribution >= 0.6 is 35.6 Å². The maximum atomic E-state index is 6.09. The predicted octanol–water partition coefficient (Wildman–Crippen LogP) is 3.22. The van der Waals surface area contributed by atoms with E-state index in [4.69, 9.17) is 16.3 Å². The van der Waals surface area contributed by atoms with Gasteiger partial charge in [-0.05, 0) is 30.5 Å². The molecule has 2 heterocycles. The van der Waals surface area contributed by atoms with Crippen LogP contribution in [-0.2, 0) is 4.74 Å². The maximum absolute atomic E-state index is 6.09. The molecule has 148 valence electrons. The lowest BCUT2D eigenvalue weighted by Crippen LogP contribution is -2.46. The molecule has 0 saturated carbocycles. The number of halogens is 2. The normalized spacial score (nSPS) is 16.7. The van der Waals surface area contributed by atoms with Crippen molar-refractivity contribution in [2.24, 2.45) is 4.99 Å². The Hall–Kier alpha value is -1.39. The Kier molecular flexibility index (Phi) is 8.78. The molecule has 1 aromatic carbocycles. The monoisotopic (exact) mass is 504 g/mol. The zero-order valence-electron chi connectivity index (χ0n) is 15.6. The Morgan fingerprint density at radius 2 is 2.22 bits per heavy atom. The lowest BCUT2D eigenvalue weighted by Gasteiger charge is -2.34. The highest BCUT2D eigenvalue weighted by Gasteiger charge is 2.24. The summed E-state index contributed by atoms with van der Waals surface area (Å²) in [5.41, 5.74) is 1.05. The van der Waals surface area contributed by atoms with E-state index in [9.17, 15) is 0 Å². The molecule has 2 aromatic rings. The van der Waals surface area contributed by atoms with Gasteiger partial charge >= 0.3 is 0 Å². The van der Waals surface area contributed by atoms with Crippen molar-refractivity contribution in [1.29, 1.82) is 0 Å². The number of guanidine groups is 1. The Morgan fingerprint density at radius 3 is 2.81 bits per heavy atom. The fourth-order valence-electron chi connectivity index (χ4n) is 3.34. The number of methoxy groups -OCH3 is 1. The molecule has 1 atom stereocenters. The van der Waals surface area contributed by atoms with Crippen molar-refractivity contribution in [3.8, 4) is 0 Å². The lowest BCUT2D eigenvalue weighted by atomic mass is 9.96. The van der Waals surface area contributed by atoms with Crippen LogP contribution in [0.5, 0.6) is 0 Å². The van der Waals surface area contributed by atoms with Gasteiger partial charge in [0.2, 0.25) is 0 Å². The average Bonchev–Trinajstić information content (AvgIpc) is 3.20. The zero-order valence-corrected chi connectivity index (χ0v) is 18.6. The van der Waals surface area contributed by atoms with Crippen LogP contribution in [0.25, 0.3) is 0 Å². The predicted molar refractivity (Wildman–Crippen MR) is 118 cm³/mol. The Balaban J connectivity index is 0.00000261. The number of benzene rings is 1. The molecule has 0 aliphatic carbocycles. The number of H-pyrrole nitrogens is 1. The molecular formula is C18H26ClIN6O. The molecule has 3 rings (SSSR count). The molecule has 1 fully saturated rings. The number of rotatable bonds is 5. The number of piperidine rings is 1. The number of nitrogens with one attached hydrogen (secondary N) is 2. The Morgan fingerprint density at radius 1 is 1.44 bits per heavy atom. The molecule has 1 saturated heterocycles. The molecule has 0 bridgehead atoms. The first kappa shape index (κ1) is 21.9. The van der Waals surface area contributed by atoms with Gasteiger partial charge in [-0.3, -0.25) is 10.1 Å². The summed E-state index contributed by atoms with van der Waals surface area (Å²) in [6.07, 6.45) is 3.54. The standard InChI is InChI=1S/C18H25ClN6O.HI/c1-20-18(21-11-16(26-2)14-4-3-5-15(19)10-14)25-8-6-13(7-9-25)17-22-12-23-24-17;/h3-5,10,12-13,16H,6-9,11H2,1-2H3,(H,20,21)(H,22,23,24);1H. The van der Waals surface area contributed by atoms with E-state index in [2.05, 4.69) is 30.4 Å². The SMILES string of the molecule is CN=C(NCC(OC)c1cccc(Cl)c1)N1CCC(c2ncn[nH]2)CC1.I. The highest BCUT2D eigenvalue weighted by atomic mass is 127. The van der Waals surface area contributed by atoms with Crippen molar-refractivity contribution in [2.75, 3.05) is 33.8 Å². The van der Waals surface area contributed by atoms with Crippen molar-refractivity contribution in [2.45, 2.75) is 24.9 Å². The number of hydrogen-bond donors (Lipinski definition) is 2. The Bertz CT molecular complexity index is 718. The van der Waals surface area contributed by atoms with E-state index in [0.717, 1.165) is 43.3 Å². The molecule has 2 N–H and O–H groups in total. The number of aromatic amines is 1.